The zero-order chi connectivity index (χ0) is 24.7. The van der Waals surface area contributed by atoms with Crippen molar-refractivity contribution in [2.75, 3.05) is 5.32 Å². The molecule has 1 amide bonds. The Kier molecular flexibility index (Phi) is 5.48. The fourth-order valence-corrected chi connectivity index (χ4v) is 4.08. The van der Waals surface area contributed by atoms with Crippen molar-refractivity contribution in [3.63, 3.8) is 0 Å². The van der Waals surface area contributed by atoms with Crippen LogP contribution in [0.3, 0.4) is 0 Å². The predicted molar refractivity (Wildman–Crippen MR) is 127 cm³/mol. The van der Waals surface area contributed by atoms with Gasteiger partial charge in [0.1, 0.15) is 12.4 Å². The summed E-state index contributed by atoms with van der Waals surface area (Å²) in [5.41, 5.74) is 4.31. The summed E-state index contributed by atoms with van der Waals surface area (Å²) in [6, 6.07) is 13.1. The van der Waals surface area contributed by atoms with Crippen molar-refractivity contribution in [1.29, 1.82) is 0 Å². The maximum absolute atomic E-state index is 13.6. The Labute approximate surface area is 198 Å². The summed E-state index contributed by atoms with van der Waals surface area (Å²) < 4.78 is 21.3. The van der Waals surface area contributed by atoms with E-state index in [-0.39, 0.29) is 29.8 Å². The third kappa shape index (κ3) is 4.21. The highest BCUT2D eigenvalue weighted by Gasteiger charge is 2.19. The van der Waals surface area contributed by atoms with Crippen molar-refractivity contribution in [2.45, 2.75) is 27.3 Å². The molecule has 0 aliphatic heterocycles. The second kappa shape index (κ2) is 8.64. The molecule has 0 spiro atoms. The van der Waals surface area contributed by atoms with E-state index in [2.05, 4.69) is 20.6 Å². The molecule has 3 heterocycles. The zero-order valence-electron chi connectivity index (χ0n) is 19.2. The molecule has 176 valence electrons. The molecular weight excluding hydrogens is 451 g/mol. The Morgan fingerprint density at radius 2 is 1.86 bits per heavy atom. The van der Waals surface area contributed by atoms with Crippen LogP contribution in [0.2, 0.25) is 0 Å². The Morgan fingerprint density at radius 1 is 1.09 bits per heavy atom. The van der Waals surface area contributed by atoms with Crippen LogP contribution in [0, 0.1) is 26.6 Å². The van der Waals surface area contributed by atoms with E-state index in [0.29, 0.717) is 16.8 Å². The molecule has 0 aliphatic rings. The molecule has 0 aliphatic carbocycles. The number of anilines is 1. The van der Waals surface area contributed by atoms with E-state index >= 15 is 0 Å². The molecule has 0 saturated heterocycles. The first-order valence-corrected chi connectivity index (χ1v) is 10.9. The van der Waals surface area contributed by atoms with E-state index in [1.165, 1.54) is 16.5 Å². The maximum Gasteiger partial charge on any atom is 0.350 e. The number of amides is 1. The smallest absolute Gasteiger partial charge is 0.333 e. The SMILES string of the molecule is Cc1cc(C)c(NC(=O)Cn2nc3c(-c4nc(-c5cccc(F)c5)no4)cccn3c2=O)c(C)c1. The van der Waals surface area contributed by atoms with Crippen LogP contribution >= 0.6 is 0 Å². The molecule has 0 bridgehead atoms. The number of hydrogen-bond donors (Lipinski definition) is 1. The molecule has 9 nitrogen and oxygen atoms in total. The minimum atomic E-state index is -0.487. The first-order valence-electron chi connectivity index (χ1n) is 10.9. The first kappa shape index (κ1) is 22.2. The molecule has 0 unspecified atom stereocenters. The van der Waals surface area contributed by atoms with E-state index < -0.39 is 11.5 Å². The summed E-state index contributed by atoms with van der Waals surface area (Å²) in [6.07, 6.45) is 1.54. The number of carbonyl (C=O) groups excluding carboxylic acids is 1. The molecule has 0 fully saturated rings. The average Bonchev–Trinajstić information content (AvgIpc) is 3.42. The number of fused-ring (bicyclic) bond motifs is 1. The lowest BCUT2D eigenvalue weighted by atomic mass is 10.1. The number of nitrogens with one attached hydrogen (secondary N) is 1. The van der Waals surface area contributed by atoms with Gasteiger partial charge in [0.2, 0.25) is 11.7 Å². The zero-order valence-corrected chi connectivity index (χ0v) is 19.2. The molecule has 35 heavy (non-hydrogen) atoms. The molecule has 0 atom stereocenters. The lowest BCUT2D eigenvalue weighted by Crippen LogP contribution is -2.28. The number of rotatable bonds is 5. The summed E-state index contributed by atoms with van der Waals surface area (Å²) in [5.74, 6) is -0.484. The van der Waals surface area contributed by atoms with Gasteiger partial charge in [0.15, 0.2) is 5.65 Å². The Hall–Kier alpha value is -4.60. The Morgan fingerprint density at radius 3 is 2.60 bits per heavy atom. The summed E-state index contributed by atoms with van der Waals surface area (Å²) in [6.45, 7) is 5.55. The van der Waals surface area contributed by atoms with Crippen LogP contribution in [0.5, 0.6) is 0 Å². The van der Waals surface area contributed by atoms with Crippen molar-refractivity contribution >= 4 is 17.2 Å². The third-order valence-corrected chi connectivity index (χ3v) is 5.58. The van der Waals surface area contributed by atoms with Crippen LogP contribution in [-0.2, 0) is 11.3 Å². The van der Waals surface area contributed by atoms with Crippen LogP contribution in [0.1, 0.15) is 16.7 Å². The minimum absolute atomic E-state index is 0.113. The van der Waals surface area contributed by atoms with Gasteiger partial charge >= 0.3 is 5.69 Å². The van der Waals surface area contributed by atoms with Crippen LogP contribution in [0.25, 0.3) is 28.5 Å². The van der Waals surface area contributed by atoms with Crippen LogP contribution in [0.15, 0.2) is 64.0 Å². The summed E-state index contributed by atoms with van der Waals surface area (Å²) in [4.78, 5) is 30.0. The van der Waals surface area contributed by atoms with E-state index in [9.17, 15) is 14.0 Å². The predicted octanol–water partition coefficient (Wildman–Crippen LogP) is 3.92. The van der Waals surface area contributed by atoms with E-state index in [1.54, 1.807) is 30.5 Å². The Balaban J connectivity index is 1.46. The van der Waals surface area contributed by atoms with Crippen molar-refractivity contribution in [3.8, 4) is 22.8 Å². The maximum atomic E-state index is 13.6. The topological polar surface area (TPSA) is 107 Å². The van der Waals surface area contributed by atoms with Crippen LogP contribution in [-0.4, -0.2) is 30.2 Å². The highest BCUT2D eigenvalue weighted by molar-refractivity contribution is 5.92. The van der Waals surface area contributed by atoms with Gasteiger partial charge in [-0.05, 0) is 56.2 Å². The van der Waals surface area contributed by atoms with Gasteiger partial charge in [0.05, 0.1) is 5.56 Å². The molecule has 3 aromatic heterocycles. The number of halogens is 1. The molecule has 5 aromatic rings. The second-order valence-corrected chi connectivity index (χ2v) is 8.31. The largest absolute Gasteiger partial charge is 0.350 e. The second-order valence-electron chi connectivity index (χ2n) is 8.31. The average molecular weight is 472 g/mol. The van der Waals surface area contributed by atoms with Crippen molar-refractivity contribution < 1.29 is 13.7 Å². The summed E-state index contributed by atoms with van der Waals surface area (Å²) in [7, 11) is 0. The van der Waals surface area contributed by atoms with E-state index in [0.717, 1.165) is 21.4 Å². The summed E-state index contributed by atoms with van der Waals surface area (Å²) >= 11 is 0. The summed E-state index contributed by atoms with van der Waals surface area (Å²) in [5, 5.41) is 11.1. The lowest BCUT2D eigenvalue weighted by Gasteiger charge is -2.12. The highest BCUT2D eigenvalue weighted by Crippen LogP contribution is 2.25. The number of aryl methyl sites for hydroxylation is 3. The van der Waals surface area contributed by atoms with Gasteiger partial charge in [-0.15, -0.1) is 5.10 Å². The van der Waals surface area contributed by atoms with Gasteiger partial charge in [0.25, 0.3) is 5.89 Å². The van der Waals surface area contributed by atoms with Crippen molar-refractivity contribution in [3.05, 3.63) is 87.7 Å². The highest BCUT2D eigenvalue weighted by atomic mass is 19.1. The molecule has 0 saturated carbocycles. The minimum Gasteiger partial charge on any atom is -0.333 e. The van der Waals surface area contributed by atoms with Crippen LogP contribution < -0.4 is 11.0 Å². The number of aromatic nitrogens is 5. The van der Waals surface area contributed by atoms with Gasteiger partial charge in [0, 0.05) is 17.4 Å². The van der Waals surface area contributed by atoms with Crippen molar-refractivity contribution in [2.24, 2.45) is 0 Å². The van der Waals surface area contributed by atoms with Gasteiger partial charge < -0.3 is 9.84 Å². The normalized spacial score (nSPS) is 11.2. The fourth-order valence-electron chi connectivity index (χ4n) is 4.08. The van der Waals surface area contributed by atoms with E-state index in [1.807, 2.05) is 32.9 Å². The molecule has 1 N–H and O–H groups in total. The molecular formula is C25H21FN6O3. The first-order chi connectivity index (χ1) is 16.8. The number of benzene rings is 2. The van der Waals surface area contributed by atoms with Crippen molar-refractivity contribution in [1.82, 2.24) is 24.3 Å². The van der Waals surface area contributed by atoms with Gasteiger partial charge in [-0.2, -0.15) is 4.98 Å². The van der Waals surface area contributed by atoms with Gasteiger partial charge in [-0.25, -0.2) is 18.3 Å². The Bertz CT molecular complexity index is 1630. The van der Waals surface area contributed by atoms with Crippen LogP contribution in [0.4, 0.5) is 10.1 Å². The monoisotopic (exact) mass is 472 g/mol. The van der Waals surface area contributed by atoms with Gasteiger partial charge in [-0.1, -0.05) is 35.0 Å². The lowest BCUT2D eigenvalue weighted by molar-refractivity contribution is -0.117. The number of nitrogens with zero attached hydrogens (tertiary/aromatic N) is 5. The molecule has 5 rings (SSSR count). The number of pyridine rings is 1. The quantitative estimate of drug-likeness (QED) is 0.416. The molecule has 2 aromatic carbocycles. The standard InChI is InChI=1S/C25H21FN6O3/c1-14-10-15(2)21(16(3)11-14)27-20(33)13-32-25(34)31-9-5-8-19(23(31)29-32)24-28-22(30-35-24)17-6-4-7-18(26)12-17/h4-12H,13H2,1-3H3,(H,27,33). The van der Waals surface area contributed by atoms with E-state index in [4.69, 9.17) is 4.52 Å². The third-order valence-electron chi connectivity index (χ3n) is 5.58. The molecule has 0 radical (unpaired) electrons. The van der Waals surface area contributed by atoms with Gasteiger partial charge in [-0.3, -0.25) is 4.79 Å². The number of carbonyl (C=O) groups is 1. The fraction of sp³-hybridized carbons (Fsp3) is 0.160. The molecule has 10 heteroatoms. The number of hydrogen-bond acceptors (Lipinski definition) is 6.